The molecule has 13 heavy (non-hydrogen) atoms. The molecule has 0 aromatic heterocycles. The summed E-state index contributed by atoms with van der Waals surface area (Å²) in [4.78, 5) is 0. The molecule has 0 radical (unpaired) electrons. The Labute approximate surface area is 88.5 Å². The van der Waals surface area contributed by atoms with Crippen molar-refractivity contribution in [2.75, 3.05) is 0 Å². The van der Waals surface area contributed by atoms with Gasteiger partial charge in [-0.05, 0) is 19.1 Å². The molecule has 0 saturated carbocycles. The molecule has 0 bridgehead atoms. The van der Waals surface area contributed by atoms with Crippen molar-refractivity contribution in [1.29, 1.82) is 0 Å². The number of hydrogen-bond acceptors (Lipinski definition) is 2. The first-order valence-corrected chi connectivity index (χ1v) is 7.80. The lowest BCUT2D eigenvalue weighted by Gasteiger charge is -2.15. The van der Waals surface area contributed by atoms with Gasteiger partial charge < -0.3 is 9.16 Å². The zero-order valence-corrected chi connectivity index (χ0v) is 9.78. The van der Waals surface area contributed by atoms with Crippen LogP contribution >= 0.6 is 22.2 Å². The van der Waals surface area contributed by atoms with Crippen LogP contribution in [0, 0.1) is 0 Å². The molecule has 0 aliphatic carbocycles. The minimum absolute atomic E-state index is 0.394. The third kappa shape index (κ3) is 4.52. The van der Waals surface area contributed by atoms with E-state index in [1.54, 1.807) is 6.92 Å². The zero-order valence-electron chi connectivity index (χ0n) is 7.11. The van der Waals surface area contributed by atoms with E-state index in [0.717, 1.165) is 5.75 Å². The second-order valence-corrected chi connectivity index (χ2v) is 6.24. The van der Waals surface area contributed by atoms with Gasteiger partial charge in [-0.1, -0.05) is 18.2 Å². The molecule has 0 aliphatic heterocycles. The Balaban J connectivity index is 2.41. The Morgan fingerprint density at radius 2 is 1.85 bits per heavy atom. The average molecular weight is 237 g/mol. The minimum Gasteiger partial charge on any atom is -0.466 e. The van der Waals surface area contributed by atoms with Gasteiger partial charge in [-0.15, -0.1) is 22.2 Å². The molecule has 0 aliphatic rings. The molecule has 1 atom stereocenters. The molecule has 5 heteroatoms. The second kappa shape index (κ2) is 5.50. The van der Waals surface area contributed by atoms with E-state index in [4.69, 9.17) is 31.3 Å². The van der Waals surface area contributed by atoms with Crippen LogP contribution in [0.2, 0.25) is 0 Å². The van der Waals surface area contributed by atoms with Crippen LogP contribution in [0.25, 0.3) is 0 Å². The van der Waals surface area contributed by atoms with E-state index < -0.39 is 13.9 Å². The Bertz CT molecular complexity index is 243. The number of para-hydroxylation sites is 1. The Hall–Kier alpha value is -0.223. The molecule has 1 rings (SSSR count). The highest BCUT2D eigenvalue weighted by Crippen LogP contribution is 2.12. The number of halogens is 2. The number of ether oxygens (including phenoxy) is 1. The topological polar surface area (TPSA) is 18.5 Å². The Morgan fingerprint density at radius 1 is 1.23 bits per heavy atom. The molecule has 0 amide bonds. The van der Waals surface area contributed by atoms with E-state index in [1.807, 2.05) is 30.3 Å². The van der Waals surface area contributed by atoms with Gasteiger partial charge in [0.1, 0.15) is 5.75 Å². The maximum absolute atomic E-state index is 5.54. The Kier molecular flexibility index (Phi) is 4.59. The van der Waals surface area contributed by atoms with Crippen molar-refractivity contribution < 1.29 is 9.16 Å². The predicted molar refractivity (Wildman–Crippen MR) is 56.5 cm³/mol. The van der Waals surface area contributed by atoms with Crippen LogP contribution in [0.3, 0.4) is 0 Å². The van der Waals surface area contributed by atoms with Crippen LogP contribution in [-0.2, 0) is 4.43 Å². The van der Waals surface area contributed by atoms with Crippen LogP contribution in [0.4, 0.5) is 0 Å². The van der Waals surface area contributed by atoms with Crippen molar-refractivity contribution in [1.82, 2.24) is 0 Å². The Morgan fingerprint density at radius 3 is 2.38 bits per heavy atom. The van der Waals surface area contributed by atoms with Crippen LogP contribution in [0.5, 0.6) is 5.75 Å². The van der Waals surface area contributed by atoms with E-state index >= 15 is 0 Å². The SMILES string of the molecule is CC(Oc1ccccc1)O[SiH](Cl)Cl. The van der Waals surface area contributed by atoms with Crippen molar-refractivity contribution in [3.8, 4) is 5.75 Å². The molecular weight excluding hydrogens is 227 g/mol. The summed E-state index contributed by atoms with van der Waals surface area (Å²) in [6, 6.07) is 9.38. The maximum atomic E-state index is 5.54. The van der Waals surface area contributed by atoms with E-state index in [9.17, 15) is 0 Å². The van der Waals surface area contributed by atoms with Crippen molar-refractivity contribution in [2.45, 2.75) is 13.2 Å². The molecule has 0 N–H and O–H groups in total. The van der Waals surface area contributed by atoms with Gasteiger partial charge in [-0.25, -0.2) is 0 Å². The molecule has 0 fully saturated rings. The highest BCUT2D eigenvalue weighted by molar-refractivity contribution is 7.30. The molecule has 72 valence electrons. The number of benzene rings is 1. The summed E-state index contributed by atoms with van der Waals surface area (Å²) >= 11 is 11.1. The summed E-state index contributed by atoms with van der Waals surface area (Å²) < 4.78 is 10.5. The lowest BCUT2D eigenvalue weighted by molar-refractivity contribution is 0.0261. The number of rotatable bonds is 4. The molecule has 0 heterocycles. The summed E-state index contributed by atoms with van der Waals surface area (Å²) in [5.41, 5.74) is 0. The number of hydrogen-bond donors (Lipinski definition) is 0. The molecule has 0 spiro atoms. The van der Waals surface area contributed by atoms with Gasteiger partial charge in [0.25, 0.3) is 0 Å². The van der Waals surface area contributed by atoms with Crippen molar-refractivity contribution in [3.63, 3.8) is 0 Å². The molecular formula is C8H10Cl2O2Si. The lowest BCUT2D eigenvalue weighted by atomic mass is 10.3. The second-order valence-electron chi connectivity index (χ2n) is 2.40. The van der Waals surface area contributed by atoms with Crippen LogP contribution < -0.4 is 4.74 Å². The van der Waals surface area contributed by atoms with Gasteiger partial charge in [0.2, 0.25) is 0 Å². The first-order chi connectivity index (χ1) is 6.18. The van der Waals surface area contributed by atoms with Crippen molar-refractivity contribution in [2.24, 2.45) is 0 Å². The van der Waals surface area contributed by atoms with Gasteiger partial charge in [-0.3, -0.25) is 0 Å². The highest BCUT2D eigenvalue weighted by atomic mass is 35.7. The predicted octanol–water partition coefficient (Wildman–Crippen LogP) is 2.62. The summed E-state index contributed by atoms with van der Waals surface area (Å²) in [6.45, 7) is 1.76. The van der Waals surface area contributed by atoms with Gasteiger partial charge in [0.05, 0.1) is 0 Å². The van der Waals surface area contributed by atoms with E-state index in [0.29, 0.717) is 0 Å². The fraction of sp³-hybridized carbons (Fsp3) is 0.250. The third-order valence-electron chi connectivity index (χ3n) is 1.34. The van der Waals surface area contributed by atoms with Crippen molar-refractivity contribution in [3.05, 3.63) is 30.3 Å². The van der Waals surface area contributed by atoms with E-state index in [-0.39, 0.29) is 0 Å². The fourth-order valence-electron chi connectivity index (χ4n) is 0.863. The highest BCUT2D eigenvalue weighted by Gasteiger charge is 2.09. The van der Waals surface area contributed by atoms with Gasteiger partial charge >= 0.3 is 7.66 Å². The lowest BCUT2D eigenvalue weighted by Crippen LogP contribution is -2.20. The summed E-state index contributed by atoms with van der Waals surface area (Å²) in [5.74, 6) is 0.748. The quantitative estimate of drug-likeness (QED) is 0.455. The minimum atomic E-state index is -2.05. The van der Waals surface area contributed by atoms with Gasteiger partial charge in [-0.2, -0.15) is 0 Å². The standard InChI is InChI=1S/C8H10Cl2O2Si/c1-7(12-13(9)10)11-8-5-3-2-4-6-8/h2-7,13H,1H3. The summed E-state index contributed by atoms with van der Waals surface area (Å²) in [5, 5.41) is 0. The van der Waals surface area contributed by atoms with E-state index in [2.05, 4.69) is 0 Å². The molecule has 1 aromatic rings. The normalized spacial score (nSPS) is 12.9. The average Bonchev–Trinajstić information content (AvgIpc) is 2.04. The third-order valence-corrected chi connectivity index (χ3v) is 2.55. The van der Waals surface area contributed by atoms with Crippen LogP contribution in [-0.4, -0.2) is 13.9 Å². The summed E-state index contributed by atoms with van der Waals surface area (Å²) in [7, 11) is -2.05. The van der Waals surface area contributed by atoms with Gasteiger partial charge in [0.15, 0.2) is 6.29 Å². The van der Waals surface area contributed by atoms with Crippen LogP contribution in [0.1, 0.15) is 6.92 Å². The first kappa shape index (κ1) is 10.9. The van der Waals surface area contributed by atoms with Gasteiger partial charge in [0, 0.05) is 0 Å². The molecule has 1 aromatic carbocycles. The summed E-state index contributed by atoms with van der Waals surface area (Å²) in [6.07, 6.45) is -0.394. The largest absolute Gasteiger partial charge is 0.466 e. The zero-order chi connectivity index (χ0) is 9.68. The molecule has 0 saturated heterocycles. The monoisotopic (exact) mass is 236 g/mol. The molecule has 2 nitrogen and oxygen atoms in total. The van der Waals surface area contributed by atoms with Crippen molar-refractivity contribution >= 4 is 29.8 Å². The smallest absolute Gasteiger partial charge is 0.375 e. The van der Waals surface area contributed by atoms with E-state index in [1.165, 1.54) is 0 Å². The fourth-order valence-corrected chi connectivity index (χ4v) is 2.08. The van der Waals surface area contributed by atoms with Crippen LogP contribution in [0.15, 0.2) is 30.3 Å². The maximum Gasteiger partial charge on any atom is 0.375 e. The first-order valence-electron chi connectivity index (χ1n) is 3.84. The molecule has 1 unspecified atom stereocenters.